The van der Waals surface area contributed by atoms with Crippen LogP contribution in [-0.2, 0) is 6.42 Å². The second kappa shape index (κ2) is 9.02. The first-order valence-electron chi connectivity index (χ1n) is 7.42. The van der Waals surface area contributed by atoms with Crippen molar-refractivity contribution in [1.29, 1.82) is 0 Å². The van der Waals surface area contributed by atoms with Crippen LogP contribution in [0.2, 0.25) is 0 Å². The van der Waals surface area contributed by atoms with Crippen LogP contribution < -0.4 is 0 Å². The number of hydrogen-bond donors (Lipinski definition) is 0. The molecular weight excluding hydrogens is 220 g/mol. The second-order valence-electron chi connectivity index (χ2n) is 5.55. The number of allylic oxidation sites excluding steroid dienone is 2. The normalized spacial score (nSPS) is 12.3. The molecule has 1 aromatic rings. The zero-order valence-electron chi connectivity index (χ0n) is 12.2. The molecule has 0 unspecified atom stereocenters. The van der Waals surface area contributed by atoms with Crippen molar-refractivity contribution in [2.45, 2.75) is 65.7 Å². The smallest absolute Gasteiger partial charge is 0.107 e. The number of furan rings is 1. The van der Waals surface area contributed by atoms with E-state index in [9.17, 15) is 0 Å². The fraction of sp³-hybridized carbons (Fsp3) is 0.647. The summed E-state index contributed by atoms with van der Waals surface area (Å²) in [5, 5.41) is 0. The Morgan fingerprint density at radius 3 is 2.78 bits per heavy atom. The van der Waals surface area contributed by atoms with Crippen LogP contribution in [0.15, 0.2) is 34.5 Å². The summed E-state index contributed by atoms with van der Waals surface area (Å²) >= 11 is 0. The topological polar surface area (TPSA) is 13.1 Å². The fourth-order valence-electron chi connectivity index (χ4n) is 2.14. The van der Waals surface area contributed by atoms with Crippen LogP contribution in [0.25, 0.3) is 0 Å². The fourth-order valence-corrected chi connectivity index (χ4v) is 2.14. The summed E-state index contributed by atoms with van der Waals surface area (Å²) in [6, 6.07) is 4.05. The first-order chi connectivity index (χ1) is 8.72. The molecule has 0 saturated heterocycles. The zero-order chi connectivity index (χ0) is 13.2. The van der Waals surface area contributed by atoms with Gasteiger partial charge in [-0.1, -0.05) is 45.3 Å². The maximum Gasteiger partial charge on any atom is 0.107 e. The maximum absolute atomic E-state index is 5.45. The molecule has 1 nitrogen and oxygen atoms in total. The molecule has 0 radical (unpaired) electrons. The highest BCUT2D eigenvalue weighted by atomic mass is 16.3. The Labute approximate surface area is 112 Å². The van der Waals surface area contributed by atoms with Gasteiger partial charge in [-0.05, 0) is 43.7 Å². The van der Waals surface area contributed by atoms with E-state index < -0.39 is 0 Å². The lowest BCUT2D eigenvalue weighted by Gasteiger charge is -2.06. The highest BCUT2D eigenvalue weighted by Crippen LogP contribution is 2.17. The van der Waals surface area contributed by atoms with E-state index in [1.54, 1.807) is 11.8 Å². The average Bonchev–Trinajstić information content (AvgIpc) is 2.83. The van der Waals surface area contributed by atoms with Crippen molar-refractivity contribution in [1.82, 2.24) is 0 Å². The van der Waals surface area contributed by atoms with Gasteiger partial charge in [0.05, 0.1) is 6.26 Å². The summed E-state index contributed by atoms with van der Waals surface area (Å²) < 4.78 is 5.45. The van der Waals surface area contributed by atoms with Gasteiger partial charge in [-0.25, -0.2) is 0 Å². The van der Waals surface area contributed by atoms with Gasteiger partial charge in [0.15, 0.2) is 0 Å². The van der Waals surface area contributed by atoms with Gasteiger partial charge in [0.25, 0.3) is 0 Å². The largest absolute Gasteiger partial charge is 0.469 e. The summed E-state index contributed by atoms with van der Waals surface area (Å²) in [5.41, 5.74) is 1.55. The van der Waals surface area contributed by atoms with E-state index in [1.165, 1.54) is 38.5 Å². The Bertz CT molecular complexity index is 319. The van der Waals surface area contributed by atoms with Gasteiger partial charge < -0.3 is 4.42 Å². The van der Waals surface area contributed by atoms with Crippen molar-refractivity contribution in [3.63, 3.8) is 0 Å². The van der Waals surface area contributed by atoms with E-state index in [-0.39, 0.29) is 0 Å². The van der Waals surface area contributed by atoms with E-state index in [1.807, 2.05) is 6.07 Å². The minimum absolute atomic E-state index is 0.822. The van der Waals surface area contributed by atoms with Gasteiger partial charge in [0, 0.05) is 6.42 Å². The molecule has 0 aromatic carbocycles. The van der Waals surface area contributed by atoms with Crippen molar-refractivity contribution in [2.24, 2.45) is 5.92 Å². The predicted octanol–water partition coefficient (Wildman–Crippen LogP) is 5.77. The monoisotopic (exact) mass is 248 g/mol. The Morgan fingerprint density at radius 2 is 2.17 bits per heavy atom. The molecule has 0 saturated carbocycles. The molecule has 18 heavy (non-hydrogen) atoms. The Morgan fingerprint density at radius 1 is 1.33 bits per heavy atom. The molecule has 0 bridgehead atoms. The second-order valence-corrected chi connectivity index (χ2v) is 5.55. The van der Waals surface area contributed by atoms with Crippen LogP contribution in [0, 0.1) is 5.92 Å². The molecule has 0 aliphatic carbocycles. The number of unbranched alkanes of at least 4 members (excludes halogenated alkanes) is 2. The van der Waals surface area contributed by atoms with E-state index in [0.29, 0.717) is 0 Å². The van der Waals surface area contributed by atoms with Gasteiger partial charge in [-0.15, -0.1) is 0 Å². The third kappa shape index (κ3) is 6.68. The first kappa shape index (κ1) is 15.1. The SMILES string of the molecule is CCCC/C(=C\CCCC(C)C)Cc1ccco1. The van der Waals surface area contributed by atoms with E-state index in [2.05, 4.69) is 32.9 Å². The standard InChI is InChI=1S/C17H28O/c1-4-5-10-16(11-7-6-9-15(2)3)14-17-12-8-13-18-17/h8,11-13,15H,4-7,9-10,14H2,1-3H3/b16-11+. The molecule has 0 aliphatic heterocycles. The molecule has 1 heterocycles. The molecule has 0 atom stereocenters. The number of rotatable bonds is 9. The number of hydrogen-bond acceptors (Lipinski definition) is 1. The Hall–Kier alpha value is -0.980. The molecule has 1 heteroatoms. The molecule has 0 aliphatic rings. The van der Waals surface area contributed by atoms with E-state index in [0.717, 1.165) is 18.1 Å². The molecule has 102 valence electrons. The van der Waals surface area contributed by atoms with Gasteiger partial charge in [0.1, 0.15) is 5.76 Å². The predicted molar refractivity (Wildman–Crippen MR) is 78.7 cm³/mol. The van der Waals surface area contributed by atoms with Crippen molar-refractivity contribution in [3.8, 4) is 0 Å². The minimum atomic E-state index is 0.822. The Kier molecular flexibility index (Phi) is 7.55. The summed E-state index contributed by atoms with van der Waals surface area (Å²) in [6.07, 6.45) is 12.8. The van der Waals surface area contributed by atoms with E-state index >= 15 is 0 Å². The van der Waals surface area contributed by atoms with Crippen LogP contribution in [0.1, 0.15) is 65.1 Å². The highest BCUT2D eigenvalue weighted by molar-refractivity contribution is 5.12. The van der Waals surface area contributed by atoms with Crippen molar-refractivity contribution in [3.05, 3.63) is 35.8 Å². The van der Waals surface area contributed by atoms with Gasteiger partial charge in [-0.2, -0.15) is 0 Å². The van der Waals surface area contributed by atoms with Gasteiger partial charge in [0.2, 0.25) is 0 Å². The molecule has 0 fully saturated rings. The lowest BCUT2D eigenvalue weighted by molar-refractivity contribution is 0.515. The van der Waals surface area contributed by atoms with Gasteiger partial charge >= 0.3 is 0 Å². The van der Waals surface area contributed by atoms with Crippen LogP contribution in [0.4, 0.5) is 0 Å². The molecular formula is C17H28O. The average molecular weight is 248 g/mol. The van der Waals surface area contributed by atoms with Crippen LogP contribution in [-0.4, -0.2) is 0 Å². The molecule has 0 spiro atoms. The van der Waals surface area contributed by atoms with E-state index in [4.69, 9.17) is 4.42 Å². The summed E-state index contributed by atoms with van der Waals surface area (Å²) in [4.78, 5) is 0. The lowest BCUT2D eigenvalue weighted by atomic mass is 10.0. The maximum atomic E-state index is 5.45. The summed E-state index contributed by atoms with van der Waals surface area (Å²) in [6.45, 7) is 6.85. The molecule has 1 rings (SSSR count). The van der Waals surface area contributed by atoms with Crippen molar-refractivity contribution < 1.29 is 4.42 Å². The minimum Gasteiger partial charge on any atom is -0.469 e. The van der Waals surface area contributed by atoms with Gasteiger partial charge in [-0.3, -0.25) is 0 Å². The zero-order valence-corrected chi connectivity index (χ0v) is 12.2. The first-order valence-corrected chi connectivity index (χ1v) is 7.42. The van der Waals surface area contributed by atoms with Crippen LogP contribution >= 0.6 is 0 Å². The van der Waals surface area contributed by atoms with Crippen LogP contribution in [0.5, 0.6) is 0 Å². The molecule has 0 amide bonds. The van der Waals surface area contributed by atoms with Crippen molar-refractivity contribution >= 4 is 0 Å². The summed E-state index contributed by atoms with van der Waals surface area (Å²) in [7, 11) is 0. The lowest BCUT2D eigenvalue weighted by Crippen LogP contribution is -1.91. The molecule has 1 aromatic heterocycles. The quantitative estimate of drug-likeness (QED) is 0.399. The molecule has 0 N–H and O–H groups in total. The third-order valence-electron chi connectivity index (χ3n) is 3.25. The van der Waals surface area contributed by atoms with Crippen molar-refractivity contribution in [2.75, 3.05) is 0 Å². The highest BCUT2D eigenvalue weighted by Gasteiger charge is 2.02. The summed E-state index contributed by atoms with van der Waals surface area (Å²) in [5.74, 6) is 1.92. The van der Waals surface area contributed by atoms with Crippen LogP contribution in [0.3, 0.4) is 0 Å². The Balaban J connectivity index is 2.41. The third-order valence-corrected chi connectivity index (χ3v) is 3.25.